The molecule has 0 unspecified atom stereocenters. The summed E-state index contributed by atoms with van der Waals surface area (Å²) in [6.07, 6.45) is 1.25. The van der Waals surface area contributed by atoms with Crippen molar-refractivity contribution in [1.82, 2.24) is 4.98 Å². The van der Waals surface area contributed by atoms with Gasteiger partial charge in [0.15, 0.2) is 0 Å². The first-order valence-corrected chi connectivity index (χ1v) is 5.33. The molecule has 0 saturated heterocycles. The van der Waals surface area contributed by atoms with Gasteiger partial charge in [-0.3, -0.25) is 4.98 Å². The molecule has 0 aromatic carbocycles. The van der Waals surface area contributed by atoms with Crippen LogP contribution in [-0.2, 0) is 0 Å². The van der Waals surface area contributed by atoms with Crippen molar-refractivity contribution in [3.63, 3.8) is 0 Å². The van der Waals surface area contributed by atoms with Crippen LogP contribution < -0.4 is 5.32 Å². The van der Waals surface area contributed by atoms with Gasteiger partial charge in [-0.05, 0) is 32.9 Å². The highest BCUT2D eigenvalue weighted by Gasteiger charge is 1.95. The summed E-state index contributed by atoms with van der Waals surface area (Å²) in [6, 6.07) is 4.09. The Bertz CT molecular complexity index is 256. The van der Waals surface area contributed by atoms with Gasteiger partial charge in [0, 0.05) is 12.2 Å². The van der Waals surface area contributed by atoms with Crippen LogP contribution in [0, 0.1) is 13.8 Å². The molecule has 1 rings (SSSR count). The highest BCUT2D eigenvalue weighted by molar-refractivity contribution is 5.47. The maximum absolute atomic E-state index is 4.33. The van der Waals surface area contributed by atoms with E-state index in [1.165, 1.54) is 6.42 Å². The van der Waals surface area contributed by atoms with Crippen LogP contribution in [0.5, 0.6) is 0 Å². The standard InChI is InChI=1S/C9H14N2.C3H8/c1-4-10-9-6-5-7(2)11-8(9)3;1-3-2/h5-6,10H,4H2,1-3H3;3H2,1-2H3. The lowest BCUT2D eigenvalue weighted by Crippen LogP contribution is -2.00. The fraction of sp³-hybridized carbons (Fsp3) is 0.583. The lowest BCUT2D eigenvalue weighted by molar-refractivity contribution is 1.09. The van der Waals surface area contributed by atoms with Crippen molar-refractivity contribution in [2.45, 2.75) is 41.0 Å². The summed E-state index contributed by atoms with van der Waals surface area (Å²) < 4.78 is 0. The fourth-order valence-corrected chi connectivity index (χ4v) is 1.06. The van der Waals surface area contributed by atoms with Crippen molar-refractivity contribution >= 4 is 5.69 Å². The van der Waals surface area contributed by atoms with Gasteiger partial charge in [-0.15, -0.1) is 0 Å². The zero-order valence-corrected chi connectivity index (χ0v) is 10.0. The second-order valence-corrected chi connectivity index (χ2v) is 3.32. The Kier molecular flexibility index (Phi) is 6.81. The minimum atomic E-state index is 0.950. The van der Waals surface area contributed by atoms with E-state index in [2.05, 4.69) is 37.1 Å². The van der Waals surface area contributed by atoms with Crippen LogP contribution >= 0.6 is 0 Å². The summed E-state index contributed by atoms with van der Waals surface area (Å²) in [4.78, 5) is 4.33. The molecule has 80 valence electrons. The molecule has 2 heteroatoms. The molecule has 14 heavy (non-hydrogen) atoms. The molecule has 0 atom stereocenters. The van der Waals surface area contributed by atoms with Crippen molar-refractivity contribution in [2.24, 2.45) is 0 Å². The third kappa shape index (κ3) is 4.85. The molecule has 1 aromatic rings. The summed E-state index contributed by atoms with van der Waals surface area (Å²) in [5.41, 5.74) is 3.29. The zero-order valence-electron chi connectivity index (χ0n) is 10.0. The Hall–Kier alpha value is -1.05. The van der Waals surface area contributed by atoms with Gasteiger partial charge < -0.3 is 5.32 Å². The Balaban J connectivity index is 0.000000500. The topological polar surface area (TPSA) is 24.9 Å². The highest BCUT2D eigenvalue weighted by Crippen LogP contribution is 2.11. The van der Waals surface area contributed by atoms with Crippen molar-refractivity contribution < 1.29 is 0 Å². The SMILES string of the molecule is CCC.CCNc1ccc(C)nc1C. The summed E-state index contributed by atoms with van der Waals surface area (Å²) in [5, 5.41) is 3.24. The normalized spacial score (nSPS) is 8.93. The Morgan fingerprint density at radius 2 is 1.71 bits per heavy atom. The van der Waals surface area contributed by atoms with Crippen LogP contribution in [0.3, 0.4) is 0 Å². The van der Waals surface area contributed by atoms with Crippen molar-refractivity contribution in [1.29, 1.82) is 0 Å². The lowest BCUT2D eigenvalue weighted by atomic mass is 10.3. The first-order valence-electron chi connectivity index (χ1n) is 5.33. The van der Waals surface area contributed by atoms with Crippen molar-refractivity contribution in [3.05, 3.63) is 23.5 Å². The molecule has 0 amide bonds. The number of anilines is 1. The second-order valence-electron chi connectivity index (χ2n) is 3.32. The molecule has 0 bridgehead atoms. The number of aryl methyl sites for hydroxylation is 2. The van der Waals surface area contributed by atoms with Gasteiger partial charge in [0.25, 0.3) is 0 Å². The van der Waals surface area contributed by atoms with E-state index >= 15 is 0 Å². The molecule has 1 aromatic heterocycles. The number of hydrogen-bond acceptors (Lipinski definition) is 2. The molecular weight excluding hydrogens is 172 g/mol. The Morgan fingerprint density at radius 1 is 1.14 bits per heavy atom. The van der Waals surface area contributed by atoms with Crippen LogP contribution in [0.15, 0.2) is 12.1 Å². The average molecular weight is 194 g/mol. The third-order valence-corrected chi connectivity index (χ3v) is 1.59. The minimum absolute atomic E-state index is 0.950. The first-order chi connectivity index (χ1) is 6.65. The molecule has 0 aliphatic carbocycles. The zero-order chi connectivity index (χ0) is 11.0. The summed E-state index contributed by atoms with van der Waals surface area (Å²) >= 11 is 0. The number of hydrogen-bond donors (Lipinski definition) is 1. The molecule has 0 aliphatic heterocycles. The Labute approximate surface area is 87.8 Å². The molecule has 1 N–H and O–H groups in total. The Morgan fingerprint density at radius 3 is 2.14 bits per heavy atom. The van der Waals surface area contributed by atoms with E-state index < -0.39 is 0 Å². The number of nitrogens with zero attached hydrogens (tertiary/aromatic N) is 1. The number of pyridine rings is 1. The molecule has 0 aliphatic rings. The molecule has 0 radical (unpaired) electrons. The summed E-state index contributed by atoms with van der Waals surface area (Å²) in [6.45, 7) is 11.3. The molecule has 0 fully saturated rings. The molecule has 1 heterocycles. The van der Waals surface area contributed by atoms with E-state index in [0.29, 0.717) is 0 Å². The van der Waals surface area contributed by atoms with Gasteiger partial charge in [-0.1, -0.05) is 20.3 Å². The lowest BCUT2D eigenvalue weighted by Gasteiger charge is -2.05. The summed E-state index contributed by atoms with van der Waals surface area (Å²) in [7, 11) is 0. The van der Waals surface area contributed by atoms with Gasteiger partial charge in [0.2, 0.25) is 0 Å². The van der Waals surface area contributed by atoms with E-state index in [9.17, 15) is 0 Å². The fourth-order valence-electron chi connectivity index (χ4n) is 1.06. The maximum atomic E-state index is 4.33. The molecule has 0 saturated carbocycles. The van der Waals surface area contributed by atoms with E-state index in [4.69, 9.17) is 0 Å². The van der Waals surface area contributed by atoms with E-state index in [1.54, 1.807) is 0 Å². The number of nitrogens with one attached hydrogen (secondary N) is 1. The maximum Gasteiger partial charge on any atom is 0.0606 e. The number of rotatable bonds is 2. The van der Waals surface area contributed by atoms with E-state index in [0.717, 1.165) is 23.6 Å². The highest BCUT2D eigenvalue weighted by atomic mass is 14.9. The molecule has 2 nitrogen and oxygen atoms in total. The summed E-state index contributed by atoms with van der Waals surface area (Å²) in [5.74, 6) is 0. The van der Waals surface area contributed by atoms with Crippen LogP contribution in [0.2, 0.25) is 0 Å². The predicted octanol–water partition coefficient (Wildman–Crippen LogP) is 3.55. The first kappa shape index (κ1) is 12.9. The van der Waals surface area contributed by atoms with Gasteiger partial charge >= 0.3 is 0 Å². The van der Waals surface area contributed by atoms with Gasteiger partial charge in [-0.2, -0.15) is 0 Å². The van der Waals surface area contributed by atoms with Crippen LogP contribution in [-0.4, -0.2) is 11.5 Å². The predicted molar refractivity (Wildman–Crippen MR) is 63.8 cm³/mol. The van der Waals surface area contributed by atoms with E-state index in [1.807, 2.05) is 19.9 Å². The van der Waals surface area contributed by atoms with Gasteiger partial charge in [-0.25, -0.2) is 0 Å². The second kappa shape index (κ2) is 7.36. The van der Waals surface area contributed by atoms with Crippen LogP contribution in [0.25, 0.3) is 0 Å². The van der Waals surface area contributed by atoms with Crippen molar-refractivity contribution in [3.8, 4) is 0 Å². The van der Waals surface area contributed by atoms with Crippen molar-refractivity contribution in [2.75, 3.05) is 11.9 Å². The smallest absolute Gasteiger partial charge is 0.0606 e. The largest absolute Gasteiger partial charge is 0.384 e. The van der Waals surface area contributed by atoms with Gasteiger partial charge in [0.05, 0.1) is 11.4 Å². The van der Waals surface area contributed by atoms with Crippen LogP contribution in [0.4, 0.5) is 5.69 Å². The molecular formula is C12H22N2. The minimum Gasteiger partial charge on any atom is -0.384 e. The average Bonchev–Trinajstić information content (AvgIpc) is 2.11. The third-order valence-electron chi connectivity index (χ3n) is 1.59. The quantitative estimate of drug-likeness (QED) is 0.778. The number of aromatic nitrogens is 1. The van der Waals surface area contributed by atoms with E-state index in [-0.39, 0.29) is 0 Å². The monoisotopic (exact) mass is 194 g/mol. The molecule has 0 spiro atoms. The van der Waals surface area contributed by atoms with Crippen LogP contribution in [0.1, 0.15) is 38.6 Å². The van der Waals surface area contributed by atoms with Gasteiger partial charge in [0.1, 0.15) is 0 Å².